The Morgan fingerprint density at radius 1 is 1.00 bits per heavy atom. The number of aromatic nitrogens is 1. The van der Waals surface area contributed by atoms with Crippen LogP contribution in [0.4, 0.5) is 5.69 Å². The van der Waals surface area contributed by atoms with Crippen LogP contribution in [0.5, 0.6) is 5.75 Å². The van der Waals surface area contributed by atoms with Gasteiger partial charge < -0.3 is 10.1 Å². The van der Waals surface area contributed by atoms with Gasteiger partial charge >= 0.3 is 0 Å². The van der Waals surface area contributed by atoms with E-state index in [-0.39, 0.29) is 16.8 Å². The number of anilines is 1. The third-order valence-electron chi connectivity index (χ3n) is 5.50. The molecule has 31 heavy (non-hydrogen) atoms. The third kappa shape index (κ3) is 3.89. The molecule has 0 saturated heterocycles. The third-order valence-corrected chi connectivity index (χ3v) is 5.50. The van der Waals surface area contributed by atoms with Crippen LogP contribution in [0.25, 0.3) is 5.69 Å². The van der Waals surface area contributed by atoms with E-state index in [4.69, 9.17) is 4.74 Å². The number of fused-ring (bicyclic) bond motifs is 1. The van der Waals surface area contributed by atoms with Gasteiger partial charge in [-0.25, -0.2) is 0 Å². The van der Waals surface area contributed by atoms with Crippen molar-refractivity contribution in [3.63, 3.8) is 0 Å². The number of pyridine rings is 1. The number of nitrogens with zero attached hydrogens (tertiary/aromatic N) is 1. The Kier molecular flexibility index (Phi) is 5.23. The fourth-order valence-corrected chi connectivity index (χ4v) is 4.06. The van der Waals surface area contributed by atoms with Crippen LogP contribution in [0.15, 0.2) is 65.5 Å². The van der Waals surface area contributed by atoms with Crippen LogP contribution in [0.1, 0.15) is 46.7 Å². The first-order valence-corrected chi connectivity index (χ1v) is 10.1. The zero-order chi connectivity index (χ0) is 22.2. The predicted octanol–water partition coefficient (Wildman–Crippen LogP) is 4.25. The Morgan fingerprint density at radius 3 is 2.39 bits per heavy atom. The number of amides is 1. The average molecular weight is 416 g/mol. The van der Waals surface area contributed by atoms with Crippen LogP contribution < -0.4 is 15.6 Å². The molecule has 1 amide bonds. The number of benzene rings is 2. The molecule has 1 N–H and O–H groups in total. The summed E-state index contributed by atoms with van der Waals surface area (Å²) in [5.41, 5.74) is 1.34. The van der Waals surface area contributed by atoms with Gasteiger partial charge in [-0.1, -0.05) is 44.2 Å². The first kappa shape index (κ1) is 20.6. The van der Waals surface area contributed by atoms with Gasteiger partial charge in [-0.2, -0.15) is 0 Å². The highest BCUT2D eigenvalue weighted by atomic mass is 16.5. The minimum absolute atomic E-state index is 0.0673. The summed E-state index contributed by atoms with van der Waals surface area (Å²) in [5, 5.41) is 2.75. The first-order valence-electron chi connectivity index (χ1n) is 10.1. The maximum atomic E-state index is 13.5. The van der Waals surface area contributed by atoms with Crippen molar-refractivity contribution < 1.29 is 14.3 Å². The van der Waals surface area contributed by atoms with Crippen LogP contribution >= 0.6 is 0 Å². The average Bonchev–Trinajstić information content (AvgIpc) is 2.73. The van der Waals surface area contributed by atoms with Gasteiger partial charge in [0.2, 0.25) is 0 Å². The van der Waals surface area contributed by atoms with Crippen molar-refractivity contribution in [1.82, 2.24) is 4.57 Å². The summed E-state index contributed by atoms with van der Waals surface area (Å²) in [6.07, 6.45) is 0.924. The number of hydrogen-bond acceptors (Lipinski definition) is 4. The number of nitrogens with one attached hydrogen (secondary N) is 1. The number of para-hydroxylation sites is 3. The van der Waals surface area contributed by atoms with Gasteiger partial charge in [0.15, 0.2) is 5.78 Å². The van der Waals surface area contributed by atoms with Crippen LogP contribution in [-0.4, -0.2) is 23.4 Å². The van der Waals surface area contributed by atoms with E-state index in [1.165, 1.54) is 17.7 Å². The van der Waals surface area contributed by atoms with Crippen molar-refractivity contribution in [3.05, 3.63) is 87.8 Å². The summed E-state index contributed by atoms with van der Waals surface area (Å²) in [5.74, 6) is -0.170. The van der Waals surface area contributed by atoms with Gasteiger partial charge in [-0.3, -0.25) is 19.0 Å². The summed E-state index contributed by atoms with van der Waals surface area (Å²) in [6.45, 7) is 4.02. The molecule has 0 fully saturated rings. The maximum Gasteiger partial charge on any atom is 0.268 e. The summed E-state index contributed by atoms with van der Waals surface area (Å²) < 4.78 is 6.79. The number of ketones is 1. The minimum Gasteiger partial charge on any atom is -0.495 e. The molecule has 0 unspecified atom stereocenters. The first-order chi connectivity index (χ1) is 14.8. The van der Waals surface area contributed by atoms with Gasteiger partial charge in [-0.05, 0) is 42.2 Å². The van der Waals surface area contributed by atoms with Gasteiger partial charge in [0.05, 0.1) is 12.8 Å². The predicted molar refractivity (Wildman–Crippen MR) is 119 cm³/mol. The van der Waals surface area contributed by atoms with Gasteiger partial charge in [0.25, 0.3) is 11.5 Å². The van der Waals surface area contributed by atoms with E-state index in [1.807, 2.05) is 32.0 Å². The van der Waals surface area contributed by atoms with Gasteiger partial charge in [0.1, 0.15) is 11.3 Å². The van der Waals surface area contributed by atoms with Crippen molar-refractivity contribution >= 4 is 17.4 Å². The van der Waals surface area contributed by atoms with Crippen molar-refractivity contribution in [1.29, 1.82) is 0 Å². The normalized spacial score (nSPS) is 14.6. The number of hydrogen-bond donors (Lipinski definition) is 1. The number of carbonyl (C=O) groups excluding carboxylic acids is 2. The highest BCUT2D eigenvalue weighted by Gasteiger charge is 2.35. The summed E-state index contributed by atoms with van der Waals surface area (Å²) in [4.78, 5) is 39.6. The van der Waals surface area contributed by atoms with E-state index in [9.17, 15) is 14.4 Å². The molecule has 0 atom stereocenters. The molecule has 0 radical (unpaired) electrons. The van der Waals surface area contributed by atoms with Crippen LogP contribution in [-0.2, 0) is 6.42 Å². The summed E-state index contributed by atoms with van der Waals surface area (Å²) in [6, 6.07) is 17.5. The van der Waals surface area contributed by atoms with Crippen LogP contribution in [0.3, 0.4) is 0 Å². The number of methoxy groups -OCH3 is 1. The molecule has 2 aromatic carbocycles. The van der Waals surface area contributed by atoms with E-state index >= 15 is 0 Å². The second-order valence-corrected chi connectivity index (χ2v) is 8.49. The van der Waals surface area contributed by atoms with Crippen LogP contribution in [0.2, 0.25) is 0 Å². The lowest BCUT2D eigenvalue weighted by Crippen LogP contribution is -2.37. The Morgan fingerprint density at radius 2 is 1.68 bits per heavy atom. The van der Waals surface area contributed by atoms with E-state index < -0.39 is 11.5 Å². The molecule has 1 aliphatic rings. The molecule has 6 heteroatoms. The van der Waals surface area contributed by atoms with Gasteiger partial charge in [0, 0.05) is 23.4 Å². The van der Waals surface area contributed by atoms with Crippen molar-refractivity contribution in [2.75, 3.05) is 12.4 Å². The second-order valence-electron chi connectivity index (χ2n) is 8.49. The SMILES string of the molecule is COc1ccccc1NC(=O)c1cc2c(n(-c3ccccc3)c1=O)CC(C)(C)CC2=O. The Hall–Kier alpha value is -3.67. The molecule has 1 aromatic heterocycles. The van der Waals surface area contributed by atoms with Gasteiger partial charge in [-0.15, -0.1) is 0 Å². The zero-order valence-electron chi connectivity index (χ0n) is 17.8. The Labute approximate surface area is 180 Å². The molecule has 3 aromatic rings. The fourth-order valence-electron chi connectivity index (χ4n) is 4.06. The molecule has 0 spiro atoms. The van der Waals surface area contributed by atoms with Crippen LogP contribution in [0, 0.1) is 5.41 Å². The number of ether oxygens (including phenoxy) is 1. The molecule has 1 heterocycles. The van der Waals surface area contributed by atoms with E-state index in [0.29, 0.717) is 41.2 Å². The topological polar surface area (TPSA) is 77.4 Å². The molecule has 4 rings (SSSR count). The summed E-state index contributed by atoms with van der Waals surface area (Å²) in [7, 11) is 1.51. The lowest BCUT2D eigenvalue weighted by molar-refractivity contribution is 0.0909. The van der Waals surface area contributed by atoms with Crippen molar-refractivity contribution in [3.8, 4) is 11.4 Å². The van der Waals surface area contributed by atoms with E-state index in [1.54, 1.807) is 36.4 Å². The molecule has 0 aliphatic heterocycles. The lowest BCUT2D eigenvalue weighted by atomic mass is 9.75. The standard InChI is InChI=1S/C25H24N2O4/c1-25(2)14-20-17(21(28)15-25)13-18(24(30)27(20)16-9-5-4-6-10-16)23(29)26-19-11-7-8-12-22(19)31-3/h4-13H,14-15H2,1-3H3,(H,26,29). The molecule has 1 aliphatic carbocycles. The fraction of sp³-hybridized carbons (Fsp3) is 0.240. The lowest BCUT2D eigenvalue weighted by Gasteiger charge is -2.32. The Balaban J connectivity index is 1.89. The molecular formula is C25H24N2O4. The molecular weight excluding hydrogens is 392 g/mol. The van der Waals surface area contributed by atoms with E-state index in [0.717, 1.165) is 0 Å². The second kappa shape index (κ2) is 7.87. The minimum atomic E-state index is -0.584. The highest BCUT2D eigenvalue weighted by Crippen LogP contribution is 2.35. The number of carbonyl (C=O) groups is 2. The molecule has 0 saturated carbocycles. The molecule has 0 bridgehead atoms. The monoisotopic (exact) mass is 416 g/mol. The highest BCUT2D eigenvalue weighted by molar-refractivity contribution is 6.07. The largest absolute Gasteiger partial charge is 0.495 e. The smallest absolute Gasteiger partial charge is 0.268 e. The quantitative estimate of drug-likeness (QED) is 0.690. The number of rotatable bonds is 4. The van der Waals surface area contributed by atoms with Crippen molar-refractivity contribution in [2.45, 2.75) is 26.7 Å². The maximum absolute atomic E-state index is 13.5. The zero-order valence-corrected chi connectivity index (χ0v) is 17.8. The Bertz CT molecular complexity index is 1230. The number of Topliss-reactive ketones (excluding diaryl/α,β-unsaturated/α-hetero) is 1. The molecule has 6 nitrogen and oxygen atoms in total. The molecule has 158 valence electrons. The van der Waals surface area contributed by atoms with E-state index in [2.05, 4.69) is 5.32 Å². The summed E-state index contributed by atoms with van der Waals surface area (Å²) >= 11 is 0. The van der Waals surface area contributed by atoms with Crippen molar-refractivity contribution in [2.24, 2.45) is 5.41 Å².